The highest BCUT2D eigenvalue weighted by Gasteiger charge is 2.37. The number of benzene rings is 1. The van der Waals surface area contributed by atoms with Crippen LogP contribution in [0.4, 0.5) is 8.78 Å². The summed E-state index contributed by atoms with van der Waals surface area (Å²) in [5.74, 6) is -5.84. The van der Waals surface area contributed by atoms with Crippen LogP contribution in [0.25, 0.3) is 0 Å². The highest BCUT2D eigenvalue weighted by atomic mass is 32.2. The molecule has 1 aliphatic rings. The normalized spacial score (nSPS) is 16.7. The zero-order valence-corrected chi connectivity index (χ0v) is 12.0. The van der Waals surface area contributed by atoms with Gasteiger partial charge in [-0.25, -0.2) is 17.2 Å². The maximum atomic E-state index is 14.0. The Morgan fingerprint density at radius 1 is 1.43 bits per heavy atom. The van der Waals surface area contributed by atoms with E-state index >= 15 is 0 Å². The summed E-state index contributed by atoms with van der Waals surface area (Å²) in [6.07, 6.45) is 1.65. The smallest absolute Gasteiger partial charge is 0.303 e. The lowest BCUT2D eigenvalue weighted by molar-refractivity contribution is -0.137. The Labute approximate surface area is 120 Å². The molecule has 1 unspecified atom stereocenters. The fourth-order valence-electron chi connectivity index (χ4n) is 2.45. The molecule has 1 fully saturated rings. The second kappa shape index (κ2) is 5.25. The molecule has 0 bridgehead atoms. The van der Waals surface area contributed by atoms with Crippen LogP contribution in [0.3, 0.4) is 0 Å². The molecule has 0 aromatic heterocycles. The Morgan fingerprint density at radius 2 is 2.00 bits per heavy atom. The Bertz CT molecular complexity index is 695. The van der Waals surface area contributed by atoms with Crippen molar-refractivity contribution in [1.82, 2.24) is 0 Å². The molecule has 0 heterocycles. The molecule has 2 rings (SSSR count). The number of phenolic OH excluding ortho intramolecular Hbond substituents is 1. The number of hydrogen-bond donors (Lipinski definition) is 2. The van der Waals surface area contributed by atoms with Gasteiger partial charge in [0.2, 0.25) is 0 Å². The molecule has 1 saturated carbocycles. The van der Waals surface area contributed by atoms with Gasteiger partial charge < -0.3 is 10.2 Å². The Hall–Kier alpha value is -1.70. The van der Waals surface area contributed by atoms with E-state index in [0.29, 0.717) is 19.1 Å². The third-order valence-electron chi connectivity index (χ3n) is 3.54. The highest BCUT2D eigenvalue weighted by Crippen LogP contribution is 2.48. The number of aliphatic carboxylic acids is 1. The van der Waals surface area contributed by atoms with Gasteiger partial charge in [-0.05, 0) is 24.8 Å². The average molecular weight is 320 g/mol. The number of carbonyl (C=O) groups is 1. The maximum absolute atomic E-state index is 14.0. The van der Waals surface area contributed by atoms with Crippen molar-refractivity contribution in [1.29, 1.82) is 0 Å². The number of halogens is 2. The van der Waals surface area contributed by atoms with Gasteiger partial charge in [0.1, 0.15) is 10.7 Å². The van der Waals surface area contributed by atoms with Crippen LogP contribution >= 0.6 is 0 Å². The quantitative estimate of drug-likeness (QED) is 0.866. The van der Waals surface area contributed by atoms with Crippen LogP contribution < -0.4 is 0 Å². The van der Waals surface area contributed by atoms with E-state index in [4.69, 9.17) is 5.11 Å². The van der Waals surface area contributed by atoms with Gasteiger partial charge in [0, 0.05) is 17.7 Å². The summed E-state index contributed by atoms with van der Waals surface area (Å²) in [5, 5.41) is 18.7. The first-order valence-electron chi connectivity index (χ1n) is 6.25. The summed E-state index contributed by atoms with van der Waals surface area (Å²) in [6, 6.07) is 0.723. The summed E-state index contributed by atoms with van der Waals surface area (Å²) in [7, 11) is -4.18. The highest BCUT2D eigenvalue weighted by molar-refractivity contribution is 7.90. The molecule has 0 radical (unpaired) electrons. The van der Waals surface area contributed by atoms with Crippen LogP contribution in [0.1, 0.15) is 30.7 Å². The van der Waals surface area contributed by atoms with Gasteiger partial charge in [0.05, 0.1) is 6.42 Å². The second-order valence-electron chi connectivity index (χ2n) is 5.25. The predicted molar refractivity (Wildman–Crippen MR) is 68.9 cm³/mol. The van der Waals surface area contributed by atoms with Crippen molar-refractivity contribution >= 4 is 15.8 Å². The number of carboxylic acids is 1. The van der Waals surface area contributed by atoms with E-state index in [-0.39, 0.29) is 17.9 Å². The zero-order valence-electron chi connectivity index (χ0n) is 11.1. The SMILES string of the molecule is CS(=O)(=O)c1c(F)cc(C(CC(=O)O)C2CC2)c(O)c1F. The minimum Gasteiger partial charge on any atom is -0.505 e. The molecule has 2 N–H and O–H groups in total. The molecule has 116 valence electrons. The molecule has 5 nitrogen and oxygen atoms in total. The summed E-state index contributed by atoms with van der Waals surface area (Å²) in [5.41, 5.74) is -0.192. The number of aromatic hydroxyl groups is 1. The fraction of sp³-hybridized carbons (Fsp3) is 0.462. The average Bonchev–Trinajstić information content (AvgIpc) is 3.13. The first kappa shape index (κ1) is 15.7. The van der Waals surface area contributed by atoms with E-state index in [0.717, 1.165) is 6.07 Å². The van der Waals surface area contributed by atoms with Crippen LogP contribution in [0.5, 0.6) is 5.75 Å². The lowest BCUT2D eigenvalue weighted by atomic mass is 9.90. The Kier molecular flexibility index (Phi) is 3.92. The van der Waals surface area contributed by atoms with Crippen molar-refractivity contribution in [2.75, 3.05) is 6.26 Å². The monoisotopic (exact) mass is 320 g/mol. The van der Waals surface area contributed by atoms with Crippen molar-refractivity contribution in [3.8, 4) is 5.75 Å². The molecule has 1 atom stereocenters. The van der Waals surface area contributed by atoms with Gasteiger partial charge in [-0.15, -0.1) is 0 Å². The maximum Gasteiger partial charge on any atom is 0.303 e. The van der Waals surface area contributed by atoms with E-state index in [1.807, 2.05) is 0 Å². The van der Waals surface area contributed by atoms with Crippen LogP contribution in [0, 0.1) is 17.6 Å². The van der Waals surface area contributed by atoms with E-state index in [2.05, 4.69) is 0 Å². The summed E-state index contributed by atoms with van der Waals surface area (Å²) >= 11 is 0. The predicted octanol–water partition coefficient (Wildman–Crippen LogP) is 2.04. The van der Waals surface area contributed by atoms with Gasteiger partial charge in [0.25, 0.3) is 0 Å². The lowest BCUT2D eigenvalue weighted by Crippen LogP contribution is -2.12. The van der Waals surface area contributed by atoms with Gasteiger partial charge in [-0.1, -0.05) is 0 Å². The molecule has 21 heavy (non-hydrogen) atoms. The van der Waals surface area contributed by atoms with Crippen LogP contribution in [-0.2, 0) is 14.6 Å². The molecule has 1 aliphatic carbocycles. The first-order chi connectivity index (χ1) is 9.62. The molecule has 8 heteroatoms. The molecular formula is C13H14F2O5S. The van der Waals surface area contributed by atoms with Crippen LogP contribution in [0.2, 0.25) is 0 Å². The number of carboxylic acid groups (broad SMARTS) is 1. The van der Waals surface area contributed by atoms with Crippen molar-refractivity contribution < 1.29 is 32.2 Å². The molecular weight excluding hydrogens is 306 g/mol. The van der Waals surface area contributed by atoms with Crippen molar-refractivity contribution in [2.24, 2.45) is 5.92 Å². The van der Waals surface area contributed by atoms with E-state index in [9.17, 15) is 27.1 Å². The van der Waals surface area contributed by atoms with Crippen molar-refractivity contribution in [3.05, 3.63) is 23.3 Å². The third-order valence-corrected chi connectivity index (χ3v) is 4.65. The molecule has 1 aromatic rings. The lowest BCUT2D eigenvalue weighted by Gasteiger charge is -2.18. The van der Waals surface area contributed by atoms with Gasteiger partial charge >= 0.3 is 5.97 Å². The molecule has 1 aromatic carbocycles. The molecule has 0 aliphatic heterocycles. The summed E-state index contributed by atoms with van der Waals surface area (Å²) in [4.78, 5) is 9.66. The van der Waals surface area contributed by atoms with Gasteiger partial charge in [-0.2, -0.15) is 0 Å². The fourth-order valence-corrected chi connectivity index (χ4v) is 3.28. The summed E-state index contributed by atoms with van der Waals surface area (Å²) < 4.78 is 50.6. The van der Waals surface area contributed by atoms with Crippen LogP contribution in [-0.4, -0.2) is 30.9 Å². The minimum absolute atomic E-state index is 0.0742. The minimum atomic E-state index is -4.18. The van der Waals surface area contributed by atoms with E-state index in [1.54, 1.807) is 0 Å². The number of phenols is 1. The summed E-state index contributed by atoms with van der Waals surface area (Å²) in [6.45, 7) is 0. The Morgan fingerprint density at radius 3 is 2.43 bits per heavy atom. The van der Waals surface area contributed by atoms with E-state index in [1.165, 1.54) is 0 Å². The molecule has 0 saturated heterocycles. The second-order valence-corrected chi connectivity index (χ2v) is 7.21. The topological polar surface area (TPSA) is 91.7 Å². The zero-order chi connectivity index (χ0) is 15.9. The molecule has 0 spiro atoms. The van der Waals surface area contributed by atoms with Gasteiger partial charge in [0.15, 0.2) is 21.4 Å². The van der Waals surface area contributed by atoms with Crippen molar-refractivity contribution in [2.45, 2.75) is 30.1 Å². The largest absolute Gasteiger partial charge is 0.505 e. The van der Waals surface area contributed by atoms with Crippen LogP contribution in [0.15, 0.2) is 11.0 Å². The first-order valence-corrected chi connectivity index (χ1v) is 8.14. The van der Waals surface area contributed by atoms with E-state index < -0.39 is 44.0 Å². The third kappa shape index (κ3) is 3.15. The van der Waals surface area contributed by atoms with Gasteiger partial charge in [-0.3, -0.25) is 4.79 Å². The number of rotatable bonds is 5. The number of hydrogen-bond acceptors (Lipinski definition) is 4. The Balaban J connectivity index is 2.58. The molecule has 0 amide bonds. The standard InChI is InChI=1S/C13H14F2O5S/c1-21(19,20)13-9(14)4-8(12(18)11(13)15)7(5-10(16)17)6-2-3-6/h4,6-7,18H,2-3,5H2,1H3,(H,16,17). The number of sulfone groups is 1. The van der Waals surface area contributed by atoms with Crippen molar-refractivity contribution in [3.63, 3.8) is 0 Å².